The largest absolute Gasteiger partial charge is 0.321 e. The van der Waals surface area contributed by atoms with Crippen LogP contribution in [0.1, 0.15) is 42.3 Å². The van der Waals surface area contributed by atoms with Gasteiger partial charge in [-0.2, -0.15) is 0 Å². The maximum atomic E-state index is 12.6. The van der Waals surface area contributed by atoms with Crippen LogP contribution in [0.15, 0.2) is 48.7 Å². The van der Waals surface area contributed by atoms with Crippen molar-refractivity contribution in [3.63, 3.8) is 0 Å². The molecule has 1 amide bonds. The van der Waals surface area contributed by atoms with Gasteiger partial charge in [-0.05, 0) is 53.8 Å². The molecule has 3 nitrogen and oxygen atoms in total. The quantitative estimate of drug-likeness (QED) is 0.638. The van der Waals surface area contributed by atoms with Crippen LogP contribution in [0.2, 0.25) is 5.02 Å². The molecule has 0 atom stereocenters. The van der Waals surface area contributed by atoms with Crippen LogP contribution in [0, 0.1) is 6.92 Å². The molecule has 25 heavy (non-hydrogen) atoms. The van der Waals surface area contributed by atoms with Crippen molar-refractivity contribution < 1.29 is 4.79 Å². The molecule has 0 saturated carbocycles. The zero-order valence-electron chi connectivity index (χ0n) is 14.9. The van der Waals surface area contributed by atoms with Crippen molar-refractivity contribution in [3.8, 4) is 0 Å². The van der Waals surface area contributed by atoms with Gasteiger partial charge in [0.15, 0.2) is 0 Å². The van der Waals surface area contributed by atoms with Gasteiger partial charge in [-0.25, -0.2) is 0 Å². The first kappa shape index (κ1) is 17.4. The lowest BCUT2D eigenvalue weighted by atomic mass is 9.87. The van der Waals surface area contributed by atoms with Gasteiger partial charge in [0, 0.05) is 22.2 Å². The first-order valence-corrected chi connectivity index (χ1v) is 8.61. The summed E-state index contributed by atoms with van der Waals surface area (Å²) < 4.78 is 0. The van der Waals surface area contributed by atoms with E-state index in [9.17, 15) is 4.79 Å². The summed E-state index contributed by atoms with van der Waals surface area (Å²) in [6.45, 7) is 8.38. The van der Waals surface area contributed by atoms with Gasteiger partial charge in [-0.15, -0.1) is 0 Å². The summed E-state index contributed by atoms with van der Waals surface area (Å²) in [5, 5.41) is 4.53. The van der Waals surface area contributed by atoms with Crippen LogP contribution in [0.4, 0.5) is 5.69 Å². The van der Waals surface area contributed by atoms with Gasteiger partial charge in [0.2, 0.25) is 0 Å². The molecule has 0 radical (unpaired) electrons. The van der Waals surface area contributed by atoms with Gasteiger partial charge in [0.05, 0.1) is 11.2 Å². The SMILES string of the molecule is Cc1c(Cl)ccc2c(NC(=O)c3ccc(C(C)(C)C)cc3)ccnc12. The normalized spacial score (nSPS) is 11.6. The molecule has 0 aliphatic carbocycles. The van der Waals surface area contributed by atoms with Gasteiger partial charge in [-0.3, -0.25) is 9.78 Å². The third-order valence-electron chi connectivity index (χ3n) is 4.36. The Balaban J connectivity index is 1.91. The molecule has 0 aliphatic heterocycles. The van der Waals surface area contributed by atoms with Crippen molar-refractivity contribution in [2.24, 2.45) is 0 Å². The molecular formula is C21H21ClN2O. The van der Waals surface area contributed by atoms with E-state index < -0.39 is 0 Å². The molecular weight excluding hydrogens is 332 g/mol. The third kappa shape index (κ3) is 3.52. The summed E-state index contributed by atoms with van der Waals surface area (Å²) in [4.78, 5) is 17.0. The lowest BCUT2D eigenvalue weighted by Crippen LogP contribution is -2.14. The molecule has 0 saturated heterocycles. The molecule has 4 heteroatoms. The Kier molecular flexibility index (Phi) is 4.53. The molecule has 0 aliphatic rings. The molecule has 3 aromatic rings. The molecule has 128 valence electrons. The van der Waals surface area contributed by atoms with Crippen molar-refractivity contribution in [3.05, 3.63) is 70.4 Å². The summed E-state index contributed by atoms with van der Waals surface area (Å²) in [5.74, 6) is -0.138. The molecule has 0 fully saturated rings. The number of nitrogens with zero attached hydrogens (tertiary/aromatic N) is 1. The minimum Gasteiger partial charge on any atom is -0.321 e. The Hall–Kier alpha value is -2.39. The van der Waals surface area contributed by atoms with Crippen LogP contribution >= 0.6 is 11.6 Å². The van der Waals surface area contributed by atoms with Crippen LogP contribution < -0.4 is 5.32 Å². The van der Waals surface area contributed by atoms with E-state index in [2.05, 4.69) is 31.1 Å². The van der Waals surface area contributed by atoms with Crippen molar-refractivity contribution >= 4 is 34.1 Å². The van der Waals surface area contributed by atoms with E-state index in [-0.39, 0.29) is 11.3 Å². The molecule has 1 N–H and O–H groups in total. The number of halogens is 1. The van der Waals surface area contributed by atoms with Gasteiger partial charge in [-0.1, -0.05) is 44.5 Å². The topological polar surface area (TPSA) is 42.0 Å². The average Bonchev–Trinajstić information content (AvgIpc) is 2.58. The Bertz CT molecular complexity index is 941. The number of anilines is 1. The molecule has 0 spiro atoms. The van der Waals surface area contributed by atoms with E-state index >= 15 is 0 Å². The van der Waals surface area contributed by atoms with Gasteiger partial charge in [0.25, 0.3) is 5.91 Å². The highest BCUT2D eigenvalue weighted by atomic mass is 35.5. The van der Waals surface area contributed by atoms with E-state index in [1.54, 1.807) is 12.3 Å². The minimum absolute atomic E-state index is 0.0626. The smallest absolute Gasteiger partial charge is 0.255 e. The minimum atomic E-state index is -0.138. The monoisotopic (exact) mass is 352 g/mol. The standard InChI is InChI=1S/C21H21ClN2O/c1-13-17(22)10-9-16-18(11-12-23-19(13)16)24-20(25)14-5-7-15(8-6-14)21(2,3)4/h5-12H,1-4H3,(H,23,24,25). The number of benzene rings is 2. The number of hydrogen-bond donors (Lipinski definition) is 1. The van der Waals surface area contributed by atoms with E-state index in [1.807, 2.05) is 43.3 Å². The molecule has 1 heterocycles. The molecule has 1 aromatic heterocycles. The zero-order chi connectivity index (χ0) is 18.2. The van der Waals surface area contributed by atoms with Crippen molar-refractivity contribution in [1.82, 2.24) is 4.98 Å². The van der Waals surface area contributed by atoms with Crippen molar-refractivity contribution in [2.45, 2.75) is 33.1 Å². The van der Waals surface area contributed by atoms with E-state index in [0.29, 0.717) is 10.6 Å². The zero-order valence-corrected chi connectivity index (χ0v) is 15.6. The highest BCUT2D eigenvalue weighted by Gasteiger charge is 2.15. The number of fused-ring (bicyclic) bond motifs is 1. The lowest BCUT2D eigenvalue weighted by Gasteiger charge is -2.19. The Morgan fingerprint density at radius 1 is 1.04 bits per heavy atom. The number of aryl methyl sites for hydroxylation is 1. The van der Waals surface area contributed by atoms with Gasteiger partial charge < -0.3 is 5.32 Å². The number of nitrogens with one attached hydrogen (secondary N) is 1. The fourth-order valence-corrected chi connectivity index (χ4v) is 2.91. The summed E-state index contributed by atoms with van der Waals surface area (Å²) in [6.07, 6.45) is 1.68. The first-order chi connectivity index (χ1) is 11.8. The van der Waals surface area contributed by atoms with E-state index in [1.165, 1.54) is 5.56 Å². The molecule has 3 rings (SSSR count). The number of carbonyl (C=O) groups is 1. The van der Waals surface area contributed by atoms with Crippen molar-refractivity contribution in [2.75, 3.05) is 5.32 Å². The van der Waals surface area contributed by atoms with Crippen LogP contribution in [-0.4, -0.2) is 10.9 Å². The predicted molar refractivity (Wildman–Crippen MR) is 105 cm³/mol. The van der Waals surface area contributed by atoms with Crippen LogP contribution in [0.3, 0.4) is 0 Å². The van der Waals surface area contributed by atoms with Crippen LogP contribution in [-0.2, 0) is 5.41 Å². The lowest BCUT2D eigenvalue weighted by molar-refractivity contribution is 0.102. The molecule has 0 unspecified atom stereocenters. The predicted octanol–water partition coefficient (Wildman–Crippen LogP) is 5.75. The molecule has 0 bridgehead atoms. The van der Waals surface area contributed by atoms with Crippen LogP contribution in [0.5, 0.6) is 0 Å². The summed E-state index contributed by atoms with van der Waals surface area (Å²) in [7, 11) is 0. The summed E-state index contributed by atoms with van der Waals surface area (Å²) in [5.41, 5.74) is 4.33. The first-order valence-electron chi connectivity index (χ1n) is 8.23. The van der Waals surface area contributed by atoms with Gasteiger partial charge in [0.1, 0.15) is 0 Å². The van der Waals surface area contributed by atoms with E-state index in [4.69, 9.17) is 11.6 Å². The number of rotatable bonds is 2. The number of pyridine rings is 1. The van der Waals surface area contributed by atoms with Gasteiger partial charge >= 0.3 is 0 Å². The second kappa shape index (κ2) is 6.49. The highest BCUT2D eigenvalue weighted by molar-refractivity contribution is 6.32. The Morgan fingerprint density at radius 2 is 1.72 bits per heavy atom. The Morgan fingerprint density at radius 3 is 2.36 bits per heavy atom. The fourth-order valence-electron chi connectivity index (χ4n) is 2.76. The van der Waals surface area contributed by atoms with E-state index in [0.717, 1.165) is 22.2 Å². The Labute approximate surface area is 153 Å². The van der Waals surface area contributed by atoms with Crippen molar-refractivity contribution in [1.29, 1.82) is 0 Å². The maximum absolute atomic E-state index is 12.6. The molecule has 2 aromatic carbocycles. The maximum Gasteiger partial charge on any atom is 0.255 e. The number of carbonyl (C=O) groups excluding carboxylic acids is 1. The van der Waals surface area contributed by atoms with Crippen LogP contribution in [0.25, 0.3) is 10.9 Å². The fraction of sp³-hybridized carbons (Fsp3) is 0.238. The number of hydrogen-bond acceptors (Lipinski definition) is 2. The second-order valence-corrected chi connectivity index (χ2v) is 7.62. The third-order valence-corrected chi connectivity index (χ3v) is 4.77. The highest BCUT2D eigenvalue weighted by Crippen LogP contribution is 2.29. The second-order valence-electron chi connectivity index (χ2n) is 7.21. The summed E-state index contributed by atoms with van der Waals surface area (Å²) >= 11 is 6.17. The number of aromatic nitrogens is 1. The average molecular weight is 353 g/mol. The number of amides is 1. The summed E-state index contributed by atoms with van der Waals surface area (Å²) in [6, 6.07) is 13.2.